The summed E-state index contributed by atoms with van der Waals surface area (Å²) in [6.07, 6.45) is 8.59. The number of nitrogens with zero attached hydrogens (tertiary/aromatic N) is 1. The van der Waals surface area contributed by atoms with Crippen molar-refractivity contribution in [2.75, 3.05) is 6.54 Å². The highest BCUT2D eigenvalue weighted by Crippen LogP contribution is 2.77. The number of allylic oxidation sites excluding steroid dienone is 1. The third-order valence-electron chi connectivity index (χ3n) is 16.6. The average Bonchev–Trinajstić information content (AvgIpc) is 3.38. The summed E-state index contributed by atoms with van der Waals surface area (Å²) in [5, 5.41) is 26.2. The molecule has 1 aromatic heterocycles. The smallest absolute Gasteiger partial charge is 0.309 e. The number of pyridine rings is 1. The number of ketones is 1. The lowest BCUT2D eigenvalue weighted by molar-refractivity contribution is -0.235. The number of fused-ring (bicyclic) bond motifs is 7. The number of carbonyl (C=O) groups excluding carboxylic acids is 2. The van der Waals surface area contributed by atoms with E-state index in [2.05, 4.69) is 72.6 Å². The number of halogens is 1. The van der Waals surface area contributed by atoms with Gasteiger partial charge in [0.2, 0.25) is 0 Å². The van der Waals surface area contributed by atoms with E-state index >= 15 is 0 Å². The highest BCUT2D eigenvalue weighted by Gasteiger charge is 2.70. The molecule has 9 heteroatoms. The van der Waals surface area contributed by atoms with Crippen LogP contribution in [0.5, 0.6) is 0 Å². The van der Waals surface area contributed by atoms with E-state index in [1.165, 1.54) is 5.57 Å². The first-order valence-corrected chi connectivity index (χ1v) is 21.0. The van der Waals surface area contributed by atoms with Crippen LogP contribution < -0.4 is 5.32 Å². The summed E-state index contributed by atoms with van der Waals surface area (Å²) in [4.78, 5) is 43.6. The van der Waals surface area contributed by atoms with Crippen molar-refractivity contribution in [1.82, 2.24) is 10.3 Å². The molecule has 4 saturated carbocycles. The summed E-state index contributed by atoms with van der Waals surface area (Å²) in [6.45, 7) is 24.1. The number of carboxylic acids is 1. The van der Waals surface area contributed by atoms with E-state index in [-0.39, 0.29) is 51.8 Å². The molecule has 4 fully saturated rings. The Kier molecular flexibility index (Phi) is 10.5. The number of hydrogen-bond donors (Lipinski definition) is 3. The number of ether oxygens (including phenoxy) is 1. The fraction of sp³-hybridized carbons (Fsp3) is 0.778. The molecule has 3 N–H and O–H groups in total. The molecule has 0 radical (unpaired) electrons. The van der Waals surface area contributed by atoms with Crippen LogP contribution in [0.2, 0.25) is 5.02 Å². The quantitative estimate of drug-likeness (QED) is 0.201. The second-order valence-electron chi connectivity index (χ2n) is 20.9. The van der Waals surface area contributed by atoms with Gasteiger partial charge >= 0.3 is 11.9 Å². The number of nitrogens with one attached hydrogen (secondary N) is 1. The summed E-state index contributed by atoms with van der Waals surface area (Å²) < 4.78 is 6.17. The van der Waals surface area contributed by atoms with E-state index in [1.54, 1.807) is 20.0 Å². The van der Waals surface area contributed by atoms with Gasteiger partial charge in [-0.05, 0) is 137 Å². The Morgan fingerprint density at radius 3 is 2.26 bits per heavy atom. The van der Waals surface area contributed by atoms with Gasteiger partial charge in [0.15, 0.2) is 5.78 Å². The fourth-order valence-electron chi connectivity index (χ4n) is 13.3. The Balaban J connectivity index is 1.27. The van der Waals surface area contributed by atoms with E-state index in [4.69, 9.17) is 16.3 Å². The molecule has 6 rings (SSSR count). The maximum atomic E-state index is 14.1. The van der Waals surface area contributed by atoms with E-state index < -0.39 is 34.4 Å². The molecule has 1 aromatic rings. The molecule has 1 heterocycles. The van der Waals surface area contributed by atoms with Crippen molar-refractivity contribution in [3.63, 3.8) is 0 Å². The molecular weight excluding hydrogens is 700 g/mol. The number of aliphatic hydroxyl groups is 1. The van der Waals surface area contributed by atoms with Crippen LogP contribution >= 0.6 is 11.6 Å². The van der Waals surface area contributed by atoms with Crippen LogP contribution in [0.4, 0.5) is 0 Å². The molecule has 0 aliphatic heterocycles. The Hall–Kier alpha value is -2.29. The van der Waals surface area contributed by atoms with Gasteiger partial charge in [0.05, 0.1) is 34.2 Å². The topological polar surface area (TPSA) is 126 Å². The first-order valence-electron chi connectivity index (χ1n) is 20.6. The van der Waals surface area contributed by atoms with Gasteiger partial charge in [-0.2, -0.15) is 0 Å². The van der Waals surface area contributed by atoms with Crippen molar-refractivity contribution in [3.8, 4) is 0 Å². The van der Waals surface area contributed by atoms with Crippen molar-refractivity contribution in [1.29, 1.82) is 0 Å². The van der Waals surface area contributed by atoms with E-state index in [1.807, 2.05) is 12.1 Å². The third kappa shape index (κ3) is 6.31. The lowest BCUT2D eigenvalue weighted by Crippen LogP contribution is -2.66. The summed E-state index contributed by atoms with van der Waals surface area (Å²) in [6, 6.07) is 3.76. The Morgan fingerprint density at radius 1 is 0.963 bits per heavy atom. The summed E-state index contributed by atoms with van der Waals surface area (Å²) in [5.74, 6) is -0.0675. The Morgan fingerprint density at radius 2 is 1.65 bits per heavy atom. The van der Waals surface area contributed by atoms with E-state index in [0.717, 1.165) is 62.6 Å². The molecule has 0 spiro atoms. The SMILES string of the molecule is CC(C)C1=C2[C@H]3CC[C@@H]4[C@@]5(C)CC[C@H](OC(=O)CC(C)(C)C(=O)O)C(C)(C)[C@@H]5CC[C@@]4(C)[C@]3(C)CC[C@@]2([C@@H](O)CNC(C)(C)c2ccc(Cl)cn2)CC1=O. The molecule has 0 amide bonds. The largest absolute Gasteiger partial charge is 0.481 e. The first kappa shape index (κ1) is 41.3. The second kappa shape index (κ2) is 13.7. The van der Waals surface area contributed by atoms with Crippen LogP contribution in [0.15, 0.2) is 29.5 Å². The fourth-order valence-corrected chi connectivity index (χ4v) is 13.4. The highest BCUT2D eigenvalue weighted by atomic mass is 35.5. The van der Waals surface area contributed by atoms with Gasteiger partial charge in [0, 0.05) is 30.0 Å². The molecule has 0 unspecified atom stereocenters. The number of aromatic nitrogens is 1. The van der Waals surface area contributed by atoms with E-state index in [9.17, 15) is 24.6 Å². The third-order valence-corrected chi connectivity index (χ3v) is 16.8. The van der Waals surface area contributed by atoms with Crippen molar-refractivity contribution >= 4 is 29.3 Å². The first-order chi connectivity index (χ1) is 24.9. The number of aliphatic hydroxyl groups excluding tert-OH is 1. The van der Waals surface area contributed by atoms with E-state index in [0.29, 0.717) is 29.8 Å². The predicted molar refractivity (Wildman–Crippen MR) is 212 cm³/mol. The molecule has 300 valence electrons. The summed E-state index contributed by atoms with van der Waals surface area (Å²) in [5.41, 5.74) is 0.618. The molecule has 9 atom stereocenters. The standard InChI is InChI=1S/C45H67ClN2O6/c1-26(2)36-29(49)22-45(33(50)25-48-41(7,8)32-15-12-27(46)24-47-32)21-20-43(10)28(37(36)45)13-14-31-42(9)18-17-34(54-35(51)23-39(3,4)38(52)53)40(5,6)30(42)16-19-44(31,43)11/h12,15,24,26,28,30-31,33-34,48,50H,13-14,16-23,25H2,1-11H3,(H,52,53)/t28-,30+,31-,33+,34+,42+,43-,44-,45+/m1/s1. The predicted octanol–water partition coefficient (Wildman–Crippen LogP) is 9.31. The lowest BCUT2D eigenvalue weighted by Gasteiger charge is -2.72. The zero-order valence-electron chi connectivity index (χ0n) is 34.8. The molecule has 8 nitrogen and oxygen atoms in total. The van der Waals surface area contributed by atoms with Crippen molar-refractivity contribution in [2.45, 2.75) is 158 Å². The van der Waals surface area contributed by atoms with Crippen LogP contribution in [0, 0.1) is 56.2 Å². The highest BCUT2D eigenvalue weighted by molar-refractivity contribution is 6.30. The number of aliphatic carboxylic acids is 1. The number of rotatable bonds is 10. The average molecular weight is 767 g/mol. The van der Waals surface area contributed by atoms with Crippen LogP contribution in [-0.4, -0.2) is 51.7 Å². The molecule has 5 aliphatic carbocycles. The summed E-state index contributed by atoms with van der Waals surface area (Å²) >= 11 is 6.13. The molecule has 0 aromatic carbocycles. The van der Waals surface area contributed by atoms with Crippen LogP contribution in [0.1, 0.15) is 146 Å². The summed E-state index contributed by atoms with van der Waals surface area (Å²) in [7, 11) is 0. The maximum Gasteiger partial charge on any atom is 0.309 e. The van der Waals surface area contributed by atoms with Crippen LogP contribution in [-0.2, 0) is 24.7 Å². The number of carboxylic acid groups (broad SMARTS) is 1. The van der Waals surface area contributed by atoms with Gasteiger partial charge in [-0.3, -0.25) is 19.4 Å². The minimum absolute atomic E-state index is 0.0323. The number of esters is 1. The lowest BCUT2D eigenvalue weighted by atomic mass is 9.33. The minimum atomic E-state index is -1.17. The van der Waals surface area contributed by atoms with Crippen molar-refractivity contribution in [3.05, 3.63) is 40.2 Å². The van der Waals surface area contributed by atoms with Crippen LogP contribution in [0.3, 0.4) is 0 Å². The van der Waals surface area contributed by atoms with Gasteiger partial charge in [-0.1, -0.05) is 65.6 Å². The Labute approximate surface area is 329 Å². The monoisotopic (exact) mass is 766 g/mol. The Bertz CT molecular complexity index is 1700. The number of Topliss-reactive ketones (excluding diaryl/α,β-unsaturated/α-hetero) is 1. The second-order valence-corrected chi connectivity index (χ2v) is 21.4. The van der Waals surface area contributed by atoms with Crippen molar-refractivity contribution < 1.29 is 29.3 Å². The van der Waals surface area contributed by atoms with Gasteiger partial charge in [-0.15, -0.1) is 0 Å². The zero-order valence-corrected chi connectivity index (χ0v) is 35.6. The van der Waals surface area contributed by atoms with Gasteiger partial charge < -0.3 is 20.3 Å². The van der Waals surface area contributed by atoms with Gasteiger partial charge in [0.1, 0.15) is 6.10 Å². The van der Waals surface area contributed by atoms with Gasteiger partial charge in [-0.25, -0.2) is 0 Å². The zero-order chi connectivity index (χ0) is 40.0. The van der Waals surface area contributed by atoms with Crippen LogP contribution in [0.25, 0.3) is 0 Å². The molecule has 0 bridgehead atoms. The number of carbonyl (C=O) groups is 3. The van der Waals surface area contributed by atoms with Crippen molar-refractivity contribution in [2.24, 2.45) is 56.2 Å². The van der Waals surface area contributed by atoms with Gasteiger partial charge in [0.25, 0.3) is 0 Å². The maximum absolute atomic E-state index is 14.1. The normalized spacial score (nSPS) is 36.9. The number of hydrogen-bond acceptors (Lipinski definition) is 7. The molecule has 5 aliphatic rings. The minimum Gasteiger partial charge on any atom is -0.481 e. The molecular formula is C45H67ClN2O6. The molecule has 54 heavy (non-hydrogen) atoms. The molecule has 0 saturated heterocycles.